The fraction of sp³-hybridized carbons (Fsp3) is 0.333. The molecular formula is C6H7ClN2O4. The van der Waals surface area contributed by atoms with Gasteiger partial charge in [0.1, 0.15) is 11.1 Å². The zero-order valence-corrected chi connectivity index (χ0v) is 7.17. The van der Waals surface area contributed by atoms with Gasteiger partial charge in [-0.2, -0.15) is 5.16 Å². The Kier molecular flexibility index (Phi) is 2.74. The highest BCUT2D eigenvalue weighted by atomic mass is 35.5. The van der Waals surface area contributed by atoms with Gasteiger partial charge in [-0.3, -0.25) is 9.59 Å². The molecule has 0 unspecified atom stereocenters. The van der Waals surface area contributed by atoms with Gasteiger partial charge in [0.15, 0.2) is 5.76 Å². The van der Waals surface area contributed by atoms with E-state index in [1.165, 1.54) is 0 Å². The number of aromatic amines is 1. The van der Waals surface area contributed by atoms with Crippen LogP contribution in [0.3, 0.4) is 0 Å². The predicted molar refractivity (Wildman–Crippen MR) is 43.7 cm³/mol. The fourth-order valence-corrected chi connectivity index (χ4v) is 0.897. The van der Waals surface area contributed by atoms with Crippen molar-refractivity contribution in [3.63, 3.8) is 0 Å². The van der Waals surface area contributed by atoms with E-state index in [4.69, 9.17) is 22.4 Å². The quantitative estimate of drug-likeness (QED) is 0.622. The van der Waals surface area contributed by atoms with Crippen molar-refractivity contribution in [3.8, 4) is 0 Å². The third kappa shape index (κ3) is 2.10. The van der Waals surface area contributed by atoms with Gasteiger partial charge in [0.05, 0.1) is 0 Å². The molecule has 0 radical (unpaired) electrons. The lowest BCUT2D eigenvalue weighted by atomic mass is 10.2. The van der Waals surface area contributed by atoms with Gasteiger partial charge in [-0.05, 0) is 0 Å². The van der Waals surface area contributed by atoms with Crippen LogP contribution in [0.2, 0.25) is 5.02 Å². The molecule has 0 saturated heterocycles. The highest BCUT2D eigenvalue weighted by molar-refractivity contribution is 6.30. The number of rotatable bonds is 3. The molecule has 0 amide bonds. The van der Waals surface area contributed by atoms with Crippen molar-refractivity contribution in [2.45, 2.75) is 12.5 Å². The van der Waals surface area contributed by atoms with Crippen LogP contribution in [0, 0.1) is 0 Å². The summed E-state index contributed by atoms with van der Waals surface area (Å²) in [4.78, 5) is 21.0. The van der Waals surface area contributed by atoms with E-state index >= 15 is 0 Å². The Balaban J connectivity index is 2.80. The number of nitrogens with two attached hydrogens (primary N) is 1. The Labute approximate surface area is 77.3 Å². The summed E-state index contributed by atoms with van der Waals surface area (Å²) in [7, 11) is 0. The molecule has 0 bridgehead atoms. The van der Waals surface area contributed by atoms with Gasteiger partial charge in [0.25, 0.3) is 5.56 Å². The molecule has 6 nitrogen and oxygen atoms in total. The van der Waals surface area contributed by atoms with Crippen LogP contribution in [0.25, 0.3) is 0 Å². The maximum atomic E-state index is 10.7. The standard InChI is InChI=1S/C6H7ClN2O4/c7-4-3(13-9-5(4)10)1-2(8)6(11)12/h2H,1,8H2,(H,9,10)(H,11,12)/t2-/m0/s1. The van der Waals surface area contributed by atoms with Crippen molar-refractivity contribution in [2.24, 2.45) is 5.73 Å². The van der Waals surface area contributed by atoms with Gasteiger partial charge in [-0.15, -0.1) is 0 Å². The maximum Gasteiger partial charge on any atom is 0.320 e. The Morgan fingerprint density at radius 3 is 2.77 bits per heavy atom. The van der Waals surface area contributed by atoms with Crippen LogP contribution < -0.4 is 11.3 Å². The smallest absolute Gasteiger partial charge is 0.320 e. The van der Waals surface area contributed by atoms with E-state index in [9.17, 15) is 9.59 Å². The largest absolute Gasteiger partial charge is 0.480 e. The second kappa shape index (κ2) is 3.63. The van der Waals surface area contributed by atoms with Gasteiger partial charge in [0.2, 0.25) is 0 Å². The zero-order chi connectivity index (χ0) is 10.0. The van der Waals surface area contributed by atoms with E-state index in [-0.39, 0.29) is 17.2 Å². The maximum absolute atomic E-state index is 10.7. The molecule has 0 aliphatic rings. The minimum absolute atomic E-state index is 0.0570. The zero-order valence-electron chi connectivity index (χ0n) is 6.41. The minimum Gasteiger partial charge on any atom is -0.480 e. The second-order valence-corrected chi connectivity index (χ2v) is 2.80. The van der Waals surface area contributed by atoms with Crippen molar-refractivity contribution in [1.29, 1.82) is 0 Å². The number of aliphatic carboxylic acids is 1. The lowest BCUT2D eigenvalue weighted by Gasteiger charge is -2.01. The number of carbonyl (C=O) groups is 1. The summed E-state index contributed by atoms with van der Waals surface area (Å²) in [6, 6.07) is -1.13. The molecule has 7 heteroatoms. The van der Waals surface area contributed by atoms with Crippen molar-refractivity contribution in [2.75, 3.05) is 0 Å². The van der Waals surface area contributed by atoms with E-state index < -0.39 is 17.6 Å². The molecule has 4 N–H and O–H groups in total. The average Bonchev–Trinajstić information content (AvgIpc) is 2.36. The highest BCUT2D eigenvalue weighted by Gasteiger charge is 2.18. The first-order valence-corrected chi connectivity index (χ1v) is 3.74. The fourth-order valence-electron chi connectivity index (χ4n) is 0.743. The number of carboxylic acid groups (broad SMARTS) is 1. The number of nitrogens with one attached hydrogen (secondary N) is 1. The molecule has 1 rings (SSSR count). The van der Waals surface area contributed by atoms with Crippen molar-refractivity contribution < 1.29 is 14.4 Å². The molecule has 1 aromatic rings. The van der Waals surface area contributed by atoms with Crippen molar-refractivity contribution >= 4 is 17.6 Å². The molecular weight excluding hydrogens is 200 g/mol. The van der Waals surface area contributed by atoms with Crippen LogP contribution in [0.5, 0.6) is 0 Å². The Hall–Kier alpha value is -1.27. The molecule has 0 aromatic carbocycles. The number of hydrogen-bond donors (Lipinski definition) is 3. The molecule has 0 aliphatic heterocycles. The first-order valence-electron chi connectivity index (χ1n) is 3.36. The lowest BCUT2D eigenvalue weighted by Crippen LogP contribution is -2.32. The number of aromatic nitrogens is 1. The van der Waals surface area contributed by atoms with Gasteiger partial charge in [0, 0.05) is 6.42 Å². The third-order valence-corrected chi connectivity index (χ3v) is 1.82. The molecule has 0 aliphatic carbocycles. The Morgan fingerprint density at radius 1 is 1.77 bits per heavy atom. The first-order chi connectivity index (χ1) is 6.02. The summed E-state index contributed by atoms with van der Waals surface area (Å²) < 4.78 is 4.60. The number of carboxylic acids is 1. The van der Waals surface area contributed by atoms with E-state index in [0.717, 1.165) is 0 Å². The molecule has 72 valence electrons. The predicted octanol–water partition coefficient (Wildman–Crippen LogP) is -0.424. The van der Waals surface area contributed by atoms with E-state index in [1.807, 2.05) is 5.16 Å². The lowest BCUT2D eigenvalue weighted by molar-refractivity contribution is -0.138. The van der Waals surface area contributed by atoms with Crippen LogP contribution >= 0.6 is 11.6 Å². The molecule has 13 heavy (non-hydrogen) atoms. The van der Waals surface area contributed by atoms with Crippen molar-refractivity contribution in [3.05, 3.63) is 21.1 Å². The Bertz CT molecular complexity index is 369. The summed E-state index contributed by atoms with van der Waals surface area (Å²) in [6.07, 6.45) is -0.118. The molecule has 1 atom stereocenters. The second-order valence-electron chi connectivity index (χ2n) is 2.42. The summed E-state index contributed by atoms with van der Waals surface area (Å²) in [5.41, 5.74) is 4.60. The van der Waals surface area contributed by atoms with Gasteiger partial charge in [-0.1, -0.05) is 11.6 Å². The summed E-state index contributed by atoms with van der Waals surface area (Å²) in [5.74, 6) is -1.12. The summed E-state index contributed by atoms with van der Waals surface area (Å²) in [5, 5.41) is 10.3. The monoisotopic (exact) mass is 206 g/mol. The minimum atomic E-state index is -1.18. The van der Waals surface area contributed by atoms with Gasteiger partial charge >= 0.3 is 5.97 Å². The van der Waals surface area contributed by atoms with Crippen LogP contribution in [-0.4, -0.2) is 22.3 Å². The Morgan fingerprint density at radius 2 is 2.38 bits per heavy atom. The topological polar surface area (TPSA) is 109 Å². The van der Waals surface area contributed by atoms with E-state index in [0.29, 0.717) is 0 Å². The van der Waals surface area contributed by atoms with Gasteiger partial charge < -0.3 is 15.4 Å². The average molecular weight is 207 g/mol. The third-order valence-electron chi connectivity index (χ3n) is 1.43. The molecule has 0 saturated carbocycles. The van der Waals surface area contributed by atoms with Crippen LogP contribution in [-0.2, 0) is 11.2 Å². The summed E-state index contributed by atoms with van der Waals surface area (Å²) in [6.45, 7) is 0. The number of hydrogen-bond acceptors (Lipinski definition) is 4. The summed E-state index contributed by atoms with van der Waals surface area (Å²) >= 11 is 5.47. The van der Waals surface area contributed by atoms with E-state index in [2.05, 4.69) is 4.52 Å². The molecule has 0 fully saturated rings. The van der Waals surface area contributed by atoms with Crippen molar-refractivity contribution in [1.82, 2.24) is 5.16 Å². The van der Waals surface area contributed by atoms with Gasteiger partial charge in [-0.25, -0.2) is 0 Å². The molecule has 1 heterocycles. The van der Waals surface area contributed by atoms with Crippen LogP contribution in [0.1, 0.15) is 5.76 Å². The van der Waals surface area contributed by atoms with Crippen LogP contribution in [0.15, 0.2) is 9.32 Å². The molecule has 1 aromatic heterocycles. The SMILES string of the molecule is N[C@@H](Cc1o[nH]c(=O)c1Cl)C(=O)O. The number of H-pyrrole nitrogens is 1. The van der Waals surface area contributed by atoms with E-state index in [1.54, 1.807) is 0 Å². The normalized spacial score (nSPS) is 12.8. The van der Waals surface area contributed by atoms with Crippen LogP contribution in [0.4, 0.5) is 0 Å². The highest BCUT2D eigenvalue weighted by Crippen LogP contribution is 2.11. The number of halogens is 1. The molecule has 0 spiro atoms. The first kappa shape index (κ1) is 9.82.